The average molecular weight is 549 g/mol. The molecule has 0 aliphatic heterocycles. The van der Waals surface area contributed by atoms with Crippen molar-refractivity contribution in [2.75, 3.05) is 26.2 Å². The van der Waals surface area contributed by atoms with E-state index in [0.717, 1.165) is 73.6 Å². The summed E-state index contributed by atoms with van der Waals surface area (Å²) in [6.07, 6.45) is 7.65. The Kier molecular flexibility index (Phi) is 10.8. The van der Waals surface area contributed by atoms with Crippen LogP contribution in [0.2, 0.25) is 0 Å². The van der Waals surface area contributed by atoms with Crippen molar-refractivity contribution < 1.29 is 16.8 Å². The molecule has 8 heteroatoms. The summed E-state index contributed by atoms with van der Waals surface area (Å²) in [5.41, 5.74) is 3.84. The zero-order chi connectivity index (χ0) is 27.1. The molecule has 0 saturated carbocycles. The van der Waals surface area contributed by atoms with E-state index in [2.05, 4.69) is 27.7 Å². The lowest BCUT2D eigenvalue weighted by atomic mass is 10.1. The Hall–Kier alpha value is -1.74. The molecule has 0 bridgehead atoms. The number of fused-ring (bicyclic) bond motifs is 3. The van der Waals surface area contributed by atoms with Gasteiger partial charge in [0.15, 0.2) is 0 Å². The van der Waals surface area contributed by atoms with Crippen LogP contribution in [0.4, 0.5) is 0 Å². The van der Waals surface area contributed by atoms with Gasteiger partial charge in [0.05, 0.1) is 9.79 Å². The molecule has 0 radical (unpaired) electrons. The number of nitrogens with zero attached hydrogens (tertiary/aromatic N) is 2. The van der Waals surface area contributed by atoms with Gasteiger partial charge in [0.25, 0.3) is 0 Å². The van der Waals surface area contributed by atoms with Crippen LogP contribution in [0.5, 0.6) is 0 Å². The van der Waals surface area contributed by atoms with Crippen LogP contribution in [0.1, 0.15) is 90.2 Å². The fraction of sp³-hybridized carbons (Fsp3) is 0.586. The molecule has 0 amide bonds. The van der Waals surface area contributed by atoms with Crippen molar-refractivity contribution in [3.63, 3.8) is 0 Å². The van der Waals surface area contributed by atoms with Gasteiger partial charge in [-0.05, 0) is 78.6 Å². The lowest BCUT2D eigenvalue weighted by molar-refractivity contribution is 0.395. The molecular weight excluding hydrogens is 504 g/mol. The number of unbranched alkanes of at least 4 members (excludes halogenated alkanes) is 4. The van der Waals surface area contributed by atoms with E-state index >= 15 is 0 Å². The smallest absolute Gasteiger partial charge is 0.207 e. The van der Waals surface area contributed by atoms with E-state index in [1.165, 1.54) is 0 Å². The van der Waals surface area contributed by atoms with Crippen molar-refractivity contribution in [1.82, 2.24) is 8.61 Å². The van der Waals surface area contributed by atoms with E-state index in [9.17, 15) is 16.8 Å². The topological polar surface area (TPSA) is 74.8 Å². The first-order valence-corrected chi connectivity index (χ1v) is 16.8. The number of sulfonamides is 2. The summed E-state index contributed by atoms with van der Waals surface area (Å²) in [4.78, 5) is 0.647. The Morgan fingerprint density at radius 2 is 0.892 bits per heavy atom. The van der Waals surface area contributed by atoms with Gasteiger partial charge in [0.1, 0.15) is 0 Å². The zero-order valence-electron chi connectivity index (χ0n) is 23.0. The number of rotatable bonds is 16. The highest BCUT2D eigenvalue weighted by molar-refractivity contribution is 7.89. The van der Waals surface area contributed by atoms with Crippen LogP contribution in [0.3, 0.4) is 0 Å². The van der Waals surface area contributed by atoms with Gasteiger partial charge >= 0.3 is 0 Å². The molecule has 3 rings (SSSR count). The standard InChI is InChI=1S/C29H44N2O4S2/c1-5-9-17-30(18-10-6-2)36(32,33)26-13-15-28-24(22-26)21-25-23-27(14-16-29(25)28)37(34,35)31(19-11-7-3)20-12-8-4/h13-16,22-23H,5-12,17-21H2,1-4H3. The van der Waals surface area contributed by atoms with Gasteiger partial charge in [-0.1, -0.05) is 65.5 Å². The molecule has 0 fully saturated rings. The summed E-state index contributed by atoms with van der Waals surface area (Å²) in [6.45, 7) is 10.4. The highest BCUT2D eigenvalue weighted by atomic mass is 32.2. The monoisotopic (exact) mass is 548 g/mol. The Bertz CT molecular complexity index is 1140. The van der Waals surface area contributed by atoms with Crippen molar-refractivity contribution >= 4 is 20.0 Å². The van der Waals surface area contributed by atoms with E-state index in [1.54, 1.807) is 32.9 Å². The zero-order valence-corrected chi connectivity index (χ0v) is 24.6. The summed E-state index contributed by atoms with van der Waals surface area (Å²) >= 11 is 0. The summed E-state index contributed by atoms with van der Waals surface area (Å²) in [7, 11) is -7.17. The van der Waals surface area contributed by atoms with Crippen LogP contribution >= 0.6 is 0 Å². The normalized spacial score (nSPS) is 13.4. The van der Waals surface area contributed by atoms with E-state index in [4.69, 9.17) is 0 Å². The fourth-order valence-corrected chi connectivity index (χ4v) is 7.96. The first kappa shape index (κ1) is 29.8. The van der Waals surface area contributed by atoms with E-state index in [1.807, 2.05) is 12.1 Å². The molecule has 2 aromatic carbocycles. The van der Waals surface area contributed by atoms with Crippen molar-refractivity contribution in [3.05, 3.63) is 47.5 Å². The van der Waals surface area contributed by atoms with Gasteiger partial charge < -0.3 is 0 Å². The molecule has 0 N–H and O–H groups in total. The second-order valence-corrected chi connectivity index (χ2v) is 13.9. The molecule has 0 atom stereocenters. The largest absolute Gasteiger partial charge is 0.243 e. The minimum atomic E-state index is -3.58. The first-order chi connectivity index (χ1) is 17.7. The Morgan fingerprint density at radius 1 is 0.568 bits per heavy atom. The van der Waals surface area contributed by atoms with Crippen molar-refractivity contribution in [2.45, 2.75) is 95.3 Å². The van der Waals surface area contributed by atoms with Crippen LogP contribution in [0.25, 0.3) is 11.1 Å². The third-order valence-corrected chi connectivity index (χ3v) is 10.9. The minimum Gasteiger partial charge on any atom is -0.207 e. The van der Waals surface area contributed by atoms with Crippen LogP contribution in [0.15, 0.2) is 46.2 Å². The molecule has 0 unspecified atom stereocenters. The molecule has 0 heterocycles. The second kappa shape index (κ2) is 13.4. The van der Waals surface area contributed by atoms with Gasteiger partial charge in [0.2, 0.25) is 20.0 Å². The predicted octanol–water partition coefficient (Wildman–Crippen LogP) is 6.44. The molecule has 0 spiro atoms. The highest BCUT2D eigenvalue weighted by Gasteiger charge is 2.29. The molecule has 1 aliphatic rings. The summed E-state index contributed by atoms with van der Waals surface area (Å²) in [6, 6.07) is 10.8. The fourth-order valence-electron chi connectivity index (χ4n) is 4.82. The maximum atomic E-state index is 13.5. The van der Waals surface area contributed by atoms with Gasteiger partial charge in [-0.2, -0.15) is 8.61 Å². The van der Waals surface area contributed by atoms with Gasteiger partial charge in [-0.3, -0.25) is 0 Å². The third-order valence-electron chi connectivity index (χ3n) is 7.14. The van der Waals surface area contributed by atoms with Gasteiger partial charge in [0, 0.05) is 26.2 Å². The molecule has 37 heavy (non-hydrogen) atoms. The van der Waals surface area contributed by atoms with Crippen LogP contribution < -0.4 is 0 Å². The number of hydrogen-bond donors (Lipinski definition) is 0. The van der Waals surface area contributed by atoms with Crippen LogP contribution in [-0.2, 0) is 26.5 Å². The SMILES string of the molecule is CCCCN(CCCC)S(=O)(=O)c1ccc2c(c1)Cc1cc(S(=O)(=O)N(CCCC)CCCC)ccc1-2. The average Bonchev–Trinajstić information content (AvgIpc) is 3.25. The molecule has 1 aliphatic carbocycles. The summed E-state index contributed by atoms with van der Waals surface area (Å²) < 4.78 is 57.2. The maximum Gasteiger partial charge on any atom is 0.243 e. The van der Waals surface area contributed by atoms with Crippen LogP contribution in [0, 0.1) is 0 Å². The third kappa shape index (κ3) is 6.83. The Labute approximate surface area is 225 Å². The van der Waals surface area contributed by atoms with Gasteiger partial charge in [-0.25, -0.2) is 16.8 Å². The molecular formula is C29H44N2O4S2. The second-order valence-electron chi connectivity index (χ2n) is 10.0. The molecule has 0 saturated heterocycles. The summed E-state index contributed by atoms with van der Waals surface area (Å²) in [5.74, 6) is 0. The Morgan fingerprint density at radius 3 is 1.19 bits per heavy atom. The number of benzene rings is 2. The lowest BCUT2D eigenvalue weighted by Crippen LogP contribution is -2.33. The van der Waals surface area contributed by atoms with Crippen molar-refractivity contribution in [1.29, 1.82) is 0 Å². The Balaban J connectivity index is 1.89. The molecule has 206 valence electrons. The quantitative estimate of drug-likeness (QED) is 0.206. The molecule has 2 aromatic rings. The van der Waals surface area contributed by atoms with E-state index in [-0.39, 0.29) is 0 Å². The lowest BCUT2D eigenvalue weighted by Gasteiger charge is -2.22. The first-order valence-electron chi connectivity index (χ1n) is 14.0. The van der Waals surface area contributed by atoms with E-state index < -0.39 is 20.0 Å². The highest BCUT2D eigenvalue weighted by Crippen LogP contribution is 2.39. The van der Waals surface area contributed by atoms with Crippen molar-refractivity contribution in [2.24, 2.45) is 0 Å². The van der Waals surface area contributed by atoms with Gasteiger partial charge in [-0.15, -0.1) is 0 Å². The molecule has 6 nitrogen and oxygen atoms in total. The van der Waals surface area contributed by atoms with E-state index in [0.29, 0.717) is 42.4 Å². The molecule has 0 aromatic heterocycles. The summed E-state index contributed by atoms with van der Waals surface area (Å²) in [5, 5.41) is 0. The van der Waals surface area contributed by atoms with Crippen LogP contribution in [-0.4, -0.2) is 51.6 Å². The number of hydrogen-bond acceptors (Lipinski definition) is 4. The van der Waals surface area contributed by atoms with Crippen molar-refractivity contribution in [3.8, 4) is 11.1 Å². The minimum absolute atomic E-state index is 0.324. The predicted molar refractivity (Wildman–Crippen MR) is 152 cm³/mol. The maximum absolute atomic E-state index is 13.5.